The van der Waals surface area contributed by atoms with Crippen molar-refractivity contribution in [3.8, 4) is 0 Å². The Labute approximate surface area is 128 Å². The van der Waals surface area contributed by atoms with Crippen LogP contribution in [-0.2, 0) is 4.74 Å². The van der Waals surface area contributed by atoms with Gasteiger partial charge in [-0.2, -0.15) is 0 Å². The molecule has 4 rings (SSSR count). The van der Waals surface area contributed by atoms with Gasteiger partial charge in [-0.3, -0.25) is 4.79 Å². The lowest BCUT2D eigenvalue weighted by Gasteiger charge is -2.17. The number of allylic oxidation sites excluding steroid dienone is 1. The first kappa shape index (κ1) is 14.2. The van der Waals surface area contributed by atoms with Gasteiger partial charge >= 0.3 is 0 Å². The Morgan fingerprint density at radius 1 is 1.05 bits per heavy atom. The molecular weight excluding hydrogens is 276 g/mol. The molecule has 0 spiro atoms. The van der Waals surface area contributed by atoms with Gasteiger partial charge in [-0.05, 0) is 36.3 Å². The molecule has 0 aromatic heterocycles. The predicted molar refractivity (Wildman–Crippen MR) is 90.8 cm³/mol. The summed E-state index contributed by atoms with van der Waals surface area (Å²) in [5.41, 5.74) is 2.63. The van der Waals surface area contributed by atoms with Crippen molar-refractivity contribution in [2.45, 2.75) is 25.0 Å². The second kappa shape index (κ2) is 6.37. The quantitative estimate of drug-likeness (QED) is 0.699. The molecule has 1 atom stereocenters. The zero-order valence-corrected chi connectivity index (χ0v) is 14.3. The van der Waals surface area contributed by atoms with E-state index in [1.807, 2.05) is 42.5 Å². The second-order valence-electron chi connectivity index (χ2n) is 5.63. The molecule has 2 aromatic rings. The van der Waals surface area contributed by atoms with Crippen LogP contribution in [0, 0.1) is 0 Å². The maximum Gasteiger partial charge on any atom is 0.186 e. The zero-order valence-electron chi connectivity index (χ0n) is 12.3. The van der Waals surface area contributed by atoms with E-state index in [0.717, 1.165) is 28.5 Å². The fourth-order valence-electron chi connectivity index (χ4n) is 2.87. The van der Waals surface area contributed by atoms with Gasteiger partial charge < -0.3 is 4.74 Å². The van der Waals surface area contributed by atoms with Gasteiger partial charge in [-0.25, -0.2) is 0 Å². The molecule has 0 radical (unpaired) electrons. The molecule has 0 saturated carbocycles. The summed E-state index contributed by atoms with van der Waals surface area (Å²) in [7, 11) is 1.23. The molecule has 2 nitrogen and oxygen atoms in total. The molecule has 1 saturated heterocycles. The lowest BCUT2D eigenvalue weighted by Crippen LogP contribution is -2.18. The number of carbonyl (C=O) groups excluding carboxylic acids is 1. The molecule has 21 heavy (non-hydrogen) atoms. The zero-order chi connectivity index (χ0) is 14.7. The van der Waals surface area contributed by atoms with Gasteiger partial charge in [0.15, 0.2) is 5.78 Å². The van der Waals surface area contributed by atoms with E-state index in [9.17, 15) is 4.79 Å². The van der Waals surface area contributed by atoms with E-state index in [4.69, 9.17) is 4.74 Å². The van der Waals surface area contributed by atoms with Crippen LogP contribution >= 0.6 is 0 Å². The van der Waals surface area contributed by atoms with Crippen LogP contribution in [0.5, 0.6) is 0 Å². The summed E-state index contributed by atoms with van der Waals surface area (Å²) in [6, 6.07) is 11.9. The Hall–Kier alpha value is -1.71. The molecular formula is C18H20O2Si. The van der Waals surface area contributed by atoms with Crippen molar-refractivity contribution in [1.29, 1.82) is 0 Å². The molecule has 3 heteroatoms. The Balaban J connectivity index is 0.000000160. The molecule has 2 aromatic carbocycles. The summed E-state index contributed by atoms with van der Waals surface area (Å²) in [6.07, 6.45) is 7.54. The van der Waals surface area contributed by atoms with Gasteiger partial charge in [-0.1, -0.05) is 42.5 Å². The van der Waals surface area contributed by atoms with E-state index in [-0.39, 0.29) is 5.78 Å². The normalized spacial score (nSPS) is 20.2. The molecule has 0 amide bonds. The summed E-state index contributed by atoms with van der Waals surface area (Å²) in [5, 5.41) is 2.22. The summed E-state index contributed by atoms with van der Waals surface area (Å²) in [6.45, 7) is 1.02. The maximum atomic E-state index is 11.6. The van der Waals surface area contributed by atoms with E-state index < -0.39 is 0 Å². The summed E-state index contributed by atoms with van der Waals surface area (Å²) in [5.74, 6) is 0.106. The summed E-state index contributed by atoms with van der Waals surface area (Å²) in [4.78, 5) is 11.6. The van der Waals surface area contributed by atoms with Gasteiger partial charge in [0.25, 0.3) is 0 Å². The van der Waals surface area contributed by atoms with Gasteiger partial charge in [0.05, 0.1) is 0 Å². The Bertz CT molecular complexity index is 679. The van der Waals surface area contributed by atoms with Gasteiger partial charge in [0.2, 0.25) is 0 Å². The van der Waals surface area contributed by atoms with E-state index in [1.54, 1.807) is 6.08 Å². The SMILES string of the molecule is O=C1C=Cc2cccc3cccc1c23.[SiH3]C1CCCCO1. The predicted octanol–water partition coefficient (Wildman–Crippen LogP) is 2.93. The minimum absolute atomic E-state index is 0.106. The third-order valence-corrected chi connectivity index (χ3v) is 4.93. The van der Waals surface area contributed by atoms with Crippen LogP contribution in [0.25, 0.3) is 16.8 Å². The lowest BCUT2D eigenvalue weighted by molar-refractivity contribution is 0.0675. The molecule has 1 aliphatic carbocycles. The molecule has 0 bridgehead atoms. The van der Waals surface area contributed by atoms with Crippen LogP contribution in [0.4, 0.5) is 0 Å². The van der Waals surface area contributed by atoms with Gasteiger partial charge in [-0.15, -0.1) is 0 Å². The summed E-state index contributed by atoms with van der Waals surface area (Å²) < 4.78 is 5.34. The number of hydrogen-bond acceptors (Lipinski definition) is 2. The van der Waals surface area contributed by atoms with Crippen LogP contribution in [0.1, 0.15) is 35.2 Å². The Morgan fingerprint density at radius 2 is 1.86 bits per heavy atom. The number of hydrogen-bond donors (Lipinski definition) is 0. The molecule has 1 aliphatic heterocycles. The highest BCUT2D eigenvalue weighted by Gasteiger charge is 2.13. The smallest absolute Gasteiger partial charge is 0.186 e. The highest BCUT2D eigenvalue weighted by atomic mass is 28.1. The fraction of sp³-hybridized carbons (Fsp3) is 0.278. The summed E-state index contributed by atoms with van der Waals surface area (Å²) >= 11 is 0. The van der Waals surface area contributed by atoms with Crippen molar-refractivity contribution in [3.05, 3.63) is 53.6 Å². The first-order chi connectivity index (χ1) is 10.3. The maximum absolute atomic E-state index is 11.6. The lowest BCUT2D eigenvalue weighted by atomic mass is 9.92. The first-order valence-corrected chi connectivity index (χ1v) is 8.77. The molecule has 1 heterocycles. The molecule has 0 N–H and O–H groups in total. The van der Waals surface area contributed by atoms with Crippen LogP contribution < -0.4 is 0 Å². The first-order valence-electron chi connectivity index (χ1n) is 7.61. The monoisotopic (exact) mass is 296 g/mol. The van der Waals surface area contributed by atoms with E-state index in [1.165, 1.54) is 29.5 Å². The molecule has 108 valence electrons. The average Bonchev–Trinajstić information content (AvgIpc) is 2.53. The van der Waals surface area contributed by atoms with Crippen molar-refractivity contribution in [3.63, 3.8) is 0 Å². The minimum Gasteiger partial charge on any atom is -0.383 e. The van der Waals surface area contributed by atoms with Gasteiger partial charge in [0, 0.05) is 33.5 Å². The van der Waals surface area contributed by atoms with Crippen LogP contribution in [0.2, 0.25) is 0 Å². The third kappa shape index (κ3) is 3.14. The Morgan fingerprint density at radius 3 is 2.52 bits per heavy atom. The fourth-order valence-corrected chi connectivity index (χ4v) is 3.52. The van der Waals surface area contributed by atoms with E-state index in [2.05, 4.69) is 0 Å². The van der Waals surface area contributed by atoms with Crippen molar-refractivity contribution in [1.82, 2.24) is 0 Å². The highest BCUT2D eigenvalue weighted by Crippen LogP contribution is 2.27. The largest absolute Gasteiger partial charge is 0.383 e. The van der Waals surface area contributed by atoms with Crippen LogP contribution in [0.15, 0.2) is 42.5 Å². The standard InChI is InChI=1S/C13H8O.C5H12OSi/c14-12-8-7-10-4-1-3-9-5-2-6-11(12)13(9)10;7-5-3-1-2-4-6-5/h1-8H;5H,1-4H2,7H3. The van der Waals surface area contributed by atoms with Crippen molar-refractivity contribution in [2.24, 2.45) is 0 Å². The van der Waals surface area contributed by atoms with Gasteiger partial charge in [0.1, 0.15) is 0 Å². The van der Waals surface area contributed by atoms with Crippen LogP contribution in [0.3, 0.4) is 0 Å². The van der Waals surface area contributed by atoms with E-state index in [0.29, 0.717) is 5.73 Å². The Kier molecular flexibility index (Phi) is 4.32. The number of benzene rings is 2. The number of rotatable bonds is 0. The van der Waals surface area contributed by atoms with Crippen LogP contribution in [-0.4, -0.2) is 28.4 Å². The van der Waals surface area contributed by atoms with Crippen molar-refractivity contribution < 1.29 is 9.53 Å². The third-order valence-electron chi connectivity index (χ3n) is 4.02. The molecule has 1 unspecified atom stereocenters. The molecule has 1 fully saturated rings. The number of ether oxygens (including phenoxy) is 1. The van der Waals surface area contributed by atoms with E-state index >= 15 is 0 Å². The second-order valence-corrected chi connectivity index (χ2v) is 6.91. The molecule has 2 aliphatic rings. The number of carbonyl (C=O) groups is 1. The van der Waals surface area contributed by atoms with Crippen molar-refractivity contribution >= 4 is 32.9 Å². The highest BCUT2D eigenvalue weighted by molar-refractivity contribution is 6.19. The number of ketones is 1. The average molecular weight is 296 g/mol. The van der Waals surface area contributed by atoms with Crippen molar-refractivity contribution in [2.75, 3.05) is 6.61 Å². The topological polar surface area (TPSA) is 26.3 Å². The minimum atomic E-state index is 0.106.